The Morgan fingerprint density at radius 3 is 2.46 bits per heavy atom. The summed E-state index contributed by atoms with van der Waals surface area (Å²) < 4.78 is 5.49. The highest BCUT2D eigenvalue weighted by Gasteiger charge is 2.48. The number of likely N-dealkylation sites (tertiary alicyclic amines) is 1. The highest BCUT2D eigenvalue weighted by Crippen LogP contribution is 2.28. The molecule has 28 heavy (non-hydrogen) atoms. The molecule has 2 aliphatic rings. The summed E-state index contributed by atoms with van der Waals surface area (Å²) in [6, 6.07) is 17.1. The summed E-state index contributed by atoms with van der Waals surface area (Å²) >= 11 is 0. The lowest BCUT2D eigenvalue weighted by Gasteiger charge is -2.27. The van der Waals surface area contributed by atoms with E-state index in [-0.39, 0.29) is 30.3 Å². The minimum absolute atomic E-state index is 0.0544. The molecular weight excluding hydrogens is 356 g/mol. The van der Waals surface area contributed by atoms with Crippen molar-refractivity contribution in [3.63, 3.8) is 0 Å². The molecular formula is C22H22N2O4. The summed E-state index contributed by atoms with van der Waals surface area (Å²) in [4.78, 5) is 39.8. The Labute approximate surface area is 163 Å². The zero-order valence-corrected chi connectivity index (χ0v) is 15.4. The first-order valence-corrected chi connectivity index (χ1v) is 9.48. The largest absolute Gasteiger partial charge is 0.368 e. The van der Waals surface area contributed by atoms with Gasteiger partial charge in [0.2, 0.25) is 5.91 Å². The number of rotatable bonds is 5. The van der Waals surface area contributed by atoms with Crippen LogP contribution in [-0.2, 0) is 20.7 Å². The minimum Gasteiger partial charge on any atom is -0.368 e. The van der Waals surface area contributed by atoms with E-state index in [1.165, 1.54) is 0 Å². The lowest BCUT2D eigenvalue weighted by molar-refractivity contribution is -0.138. The molecule has 4 rings (SSSR count). The highest BCUT2D eigenvalue weighted by atomic mass is 16.5. The summed E-state index contributed by atoms with van der Waals surface area (Å²) in [7, 11) is 0. The molecule has 1 N–H and O–H groups in total. The van der Waals surface area contributed by atoms with Crippen molar-refractivity contribution in [1.82, 2.24) is 10.2 Å². The maximum atomic E-state index is 13.3. The van der Waals surface area contributed by atoms with Crippen molar-refractivity contribution in [1.29, 1.82) is 0 Å². The maximum absolute atomic E-state index is 13.3. The molecule has 2 fully saturated rings. The number of hydrogen-bond acceptors (Lipinski definition) is 4. The van der Waals surface area contributed by atoms with Crippen LogP contribution >= 0.6 is 0 Å². The topological polar surface area (TPSA) is 75.7 Å². The van der Waals surface area contributed by atoms with Crippen LogP contribution in [0.15, 0.2) is 60.7 Å². The number of ether oxygens (including phenoxy) is 1. The molecule has 2 heterocycles. The van der Waals surface area contributed by atoms with Crippen LogP contribution in [0.3, 0.4) is 0 Å². The molecule has 3 atom stereocenters. The van der Waals surface area contributed by atoms with Crippen LogP contribution in [0.1, 0.15) is 22.3 Å². The minimum atomic E-state index is -0.748. The van der Waals surface area contributed by atoms with Crippen molar-refractivity contribution in [3.05, 3.63) is 71.8 Å². The molecule has 0 aliphatic carbocycles. The second-order valence-corrected chi connectivity index (χ2v) is 7.16. The van der Waals surface area contributed by atoms with Gasteiger partial charge >= 0.3 is 0 Å². The summed E-state index contributed by atoms with van der Waals surface area (Å²) in [6.07, 6.45) is 0.784. The number of Topliss-reactive ketones (excluding diaryl/α,β-unsaturated/α-hetero) is 1. The monoisotopic (exact) mass is 378 g/mol. The Morgan fingerprint density at radius 1 is 1.07 bits per heavy atom. The fourth-order valence-electron chi connectivity index (χ4n) is 3.92. The molecule has 2 aromatic rings. The second kappa shape index (κ2) is 7.94. The van der Waals surface area contributed by atoms with Gasteiger partial charge in [-0.3, -0.25) is 14.4 Å². The fraction of sp³-hybridized carbons (Fsp3) is 0.318. The molecule has 0 bridgehead atoms. The van der Waals surface area contributed by atoms with Gasteiger partial charge in [0.15, 0.2) is 5.78 Å². The van der Waals surface area contributed by atoms with Gasteiger partial charge in [-0.2, -0.15) is 0 Å². The van der Waals surface area contributed by atoms with Crippen LogP contribution < -0.4 is 5.32 Å². The molecule has 2 unspecified atom stereocenters. The van der Waals surface area contributed by atoms with Gasteiger partial charge in [0.1, 0.15) is 18.7 Å². The van der Waals surface area contributed by atoms with Crippen molar-refractivity contribution in [2.24, 2.45) is 0 Å². The molecule has 0 saturated carbocycles. The van der Waals surface area contributed by atoms with E-state index >= 15 is 0 Å². The molecule has 2 amide bonds. The van der Waals surface area contributed by atoms with Crippen molar-refractivity contribution in [3.8, 4) is 0 Å². The molecule has 0 radical (unpaired) electrons. The van der Waals surface area contributed by atoms with Crippen molar-refractivity contribution in [2.75, 3.05) is 13.2 Å². The summed E-state index contributed by atoms with van der Waals surface area (Å²) in [5, 5.41) is 2.87. The van der Waals surface area contributed by atoms with Gasteiger partial charge in [0.25, 0.3) is 5.91 Å². The number of benzene rings is 2. The van der Waals surface area contributed by atoms with Crippen LogP contribution in [0.4, 0.5) is 0 Å². The number of ketones is 1. The van der Waals surface area contributed by atoms with Gasteiger partial charge in [0, 0.05) is 18.5 Å². The van der Waals surface area contributed by atoms with E-state index in [1.54, 1.807) is 29.2 Å². The van der Waals surface area contributed by atoms with Gasteiger partial charge in [-0.25, -0.2) is 0 Å². The first-order valence-electron chi connectivity index (χ1n) is 9.48. The lowest BCUT2D eigenvalue weighted by atomic mass is 10.0. The third kappa shape index (κ3) is 3.68. The van der Waals surface area contributed by atoms with Crippen LogP contribution in [0.5, 0.6) is 0 Å². The van der Waals surface area contributed by atoms with Crippen molar-refractivity contribution < 1.29 is 19.1 Å². The van der Waals surface area contributed by atoms with Gasteiger partial charge in [-0.05, 0) is 24.1 Å². The first-order chi connectivity index (χ1) is 13.6. The van der Waals surface area contributed by atoms with Crippen LogP contribution in [0.25, 0.3) is 0 Å². The molecule has 0 aromatic heterocycles. The number of hydrogen-bond donors (Lipinski definition) is 1. The van der Waals surface area contributed by atoms with E-state index in [9.17, 15) is 14.4 Å². The molecule has 6 nitrogen and oxygen atoms in total. The third-order valence-electron chi connectivity index (χ3n) is 5.32. The van der Waals surface area contributed by atoms with Crippen molar-refractivity contribution in [2.45, 2.75) is 31.0 Å². The number of carbonyl (C=O) groups excluding carboxylic acids is 3. The first kappa shape index (κ1) is 18.4. The molecule has 2 aliphatic heterocycles. The van der Waals surface area contributed by atoms with Crippen LogP contribution in [0.2, 0.25) is 0 Å². The SMILES string of the molecule is O=C(N[C@@H](Cc1ccccc1)C(=O)N1CCC2OCC(=O)C21)c1ccccc1. The summed E-state index contributed by atoms with van der Waals surface area (Å²) in [5.74, 6) is -0.609. The van der Waals surface area contributed by atoms with E-state index in [2.05, 4.69) is 5.32 Å². The van der Waals surface area contributed by atoms with E-state index in [1.807, 2.05) is 36.4 Å². The Morgan fingerprint density at radius 2 is 1.75 bits per heavy atom. The Kier molecular flexibility index (Phi) is 5.21. The number of fused-ring (bicyclic) bond motifs is 1. The number of nitrogens with one attached hydrogen (secondary N) is 1. The average Bonchev–Trinajstić information content (AvgIpc) is 3.31. The fourth-order valence-corrected chi connectivity index (χ4v) is 3.92. The third-order valence-corrected chi connectivity index (χ3v) is 5.32. The van der Waals surface area contributed by atoms with E-state index in [4.69, 9.17) is 4.74 Å². The predicted molar refractivity (Wildman–Crippen MR) is 103 cm³/mol. The van der Waals surface area contributed by atoms with Gasteiger partial charge in [-0.1, -0.05) is 48.5 Å². The second-order valence-electron chi connectivity index (χ2n) is 7.16. The maximum Gasteiger partial charge on any atom is 0.251 e. The van der Waals surface area contributed by atoms with Crippen molar-refractivity contribution >= 4 is 17.6 Å². The number of nitrogens with zero attached hydrogens (tertiary/aromatic N) is 1. The van der Waals surface area contributed by atoms with Gasteiger partial charge in [0.05, 0.1) is 6.10 Å². The highest BCUT2D eigenvalue weighted by molar-refractivity contribution is 5.99. The summed E-state index contributed by atoms with van der Waals surface area (Å²) in [6.45, 7) is 0.519. The van der Waals surface area contributed by atoms with Gasteiger partial charge < -0.3 is 15.0 Å². The van der Waals surface area contributed by atoms with Gasteiger partial charge in [-0.15, -0.1) is 0 Å². The van der Waals surface area contributed by atoms with E-state index in [0.717, 1.165) is 5.56 Å². The molecule has 2 aromatic carbocycles. The predicted octanol–water partition coefficient (Wildman–Crippen LogP) is 1.60. The van der Waals surface area contributed by atoms with E-state index in [0.29, 0.717) is 24.9 Å². The normalized spacial score (nSPS) is 22.0. The smallest absolute Gasteiger partial charge is 0.251 e. The van der Waals surface area contributed by atoms with Crippen LogP contribution in [0, 0.1) is 0 Å². The Hall–Kier alpha value is -2.99. The molecule has 144 valence electrons. The lowest BCUT2D eigenvalue weighted by Crippen LogP contribution is -2.53. The van der Waals surface area contributed by atoms with Crippen LogP contribution in [-0.4, -0.2) is 53.8 Å². The van der Waals surface area contributed by atoms with E-state index < -0.39 is 12.1 Å². The number of amides is 2. The zero-order valence-electron chi connectivity index (χ0n) is 15.4. The molecule has 6 heteroatoms. The zero-order chi connectivity index (χ0) is 19.5. The Balaban J connectivity index is 1.56. The number of carbonyl (C=O) groups is 3. The quantitative estimate of drug-likeness (QED) is 0.858. The standard InChI is InChI=1S/C22H22N2O4/c25-18-14-28-19-11-12-24(20(18)19)22(27)17(13-15-7-3-1-4-8-15)23-21(26)16-9-5-2-6-10-16/h1-10,17,19-20H,11-14H2,(H,23,26)/t17-,19?,20?/m0/s1. The summed E-state index contributed by atoms with van der Waals surface area (Å²) in [5.41, 5.74) is 1.44. The molecule has 0 spiro atoms. The Bertz CT molecular complexity index is 869. The average molecular weight is 378 g/mol. The molecule has 2 saturated heterocycles.